The zero-order valence-corrected chi connectivity index (χ0v) is 11.8. The van der Waals surface area contributed by atoms with Crippen LogP contribution in [-0.4, -0.2) is 47.8 Å². The van der Waals surface area contributed by atoms with Crippen molar-refractivity contribution >= 4 is 11.7 Å². The van der Waals surface area contributed by atoms with Gasteiger partial charge in [0, 0.05) is 20.1 Å². The van der Waals surface area contributed by atoms with Gasteiger partial charge in [-0.1, -0.05) is 13.8 Å². The summed E-state index contributed by atoms with van der Waals surface area (Å²) in [7, 11) is 5.74. The molecule has 6 nitrogen and oxygen atoms in total. The van der Waals surface area contributed by atoms with Crippen LogP contribution in [0.4, 0.5) is 5.82 Å². The summed E-state index contributed by atoms with van der Waals surface area (Å²) in [6.07, 6.45) is 1.49. The van der Waals surface area contributed by atoms with Crippen molar-refractivity contribution in [3.63, 3.8) is 0 Å². The molecule has 0 radical (unpaired) electrons. The molecular formula is C12H23N5O. The molecule has 0 aromatic carbocycles. The van der Waals surface area contributed by atoms with E-state index in [1.165, 1.54) is 10.9 Å². The summed E-state index contributed by atoms with van der Waals surface area (Å²) in [6, 6.07) is 0. The van der Waals surface area contributed by atoms with E-state index in [4.69, 9.17) is 5.73 Å². The Hall–Kier alpha value is -1.56. The lowest BCUT2D eigenvalue weighted by Crippen LogP contribution is -2.40. The SMILES string of the molecule is CN(C)CC(C)(C)CNC(=O)c1cnn(C)c1N. The average Bonchev–Trinajstić information content (AvgIpc) is 2.55. The standard InChI is InChI=1S/C12H23N5O/c1-12(2,8-16(3)4)7-14-11(18)9-6-15-17(5)10(9)13/h6H,7-8,13H2,1-5H3,(H,14,18). The zero-order chi connectivity index (χ0) is 13.9. The predicted molar refractivity (Wildman–Crippen MR) is 72.3 cm³/mol. The molecule has 0 bridgehead atoms. The fourth-order valence-electron chi connectivity index (χ4n) is 1.95. The Morgan fingerprint density at radius 2 is 2.17 bits per heavy atom. The maximum absolute atomic E-state index is 12.0. The lowest BCUT2D eigenvalue weighted by Gasteiger charge is -2.28. The topological polar surface area (TPSA) is 76.2 Å². The molecule has 0 saturated carbocycles. The molecule has 1 heterocycles. The monoisotopic (exact) mass is 253 g/mol. The van der Waals surface area contributed by atoms with Gasteiger partial charge in [-0.2, -0.15) is 5.10 Å². The molecule has 1 amide bonds. The van der Waals surface area contributed by atoms with E-state index in [9.17, 15) is 4.79 Å². The number of nitrogen functional groups attached to an aromatic ring is 1. The van der Waals surface area contributed by atoms with Crippen molar-refractivity contribution < 1.29 is 4.79 Å². The molecule has 6 heteroatoms. The van der Waals surface area contributed by atoms with E-state index in [0.29, 0.717) is 17.9 Å². The van der Waals surface area contributed by atoms with Crippen LogP contribution in [0.5, 0.6) is 0 Å². The Bertz CT molecular complexity index is 422. The van der Waals surface area contributed by atoms with Gasteiger partial charge >= 0.3 is 0 Å². The third kappa shape index (κ3) is 3.73. The molecule has 0 fully saturated rings. The first-order valence-corrected chi connectivity index (χ1v) is 5.93. The van der Waals surface area contributed by atoms with Gasteiger partial charge in [0.2, 0.25) is 0 Å². The third-order valence-corrected chi connectivity index (χ3v) is 2.70. The number of aryl methyl sites for hydroxylation is 1. The highest BCUT2D eigenvalue weighted by molar-refractivity contribution is 5.98. The molecule has 0 aliphatic heterocycles. The number of anilines is 1. The van der Waals surface area contributed by atoms with Gasteiger partial charge in [-0.05, 0) is 19.5 Å². The van der Waals surface area contributed by atoms with E-state index in [1.807, 2.05) is 14.1 Å². The van der Waals surface area contributed by atoms with Crippen LogP contribution in [-0.2, 0) is 7.05 Å². The fourth-order valence-corrected chi connectivity index (χ4v) is 1.95. The molecule has 0 saturated heterocycles. The molecular weight excluding hydrogens is 230 g/mol. The largest absolute Gasteiger partial charge is 0.383 e. The minimum atomic E-state index is -0.174. The first-order chi connectivity index (χ1) is 8.23. The van der Waals surface area contributed by atoms with Crippen molar-refractivity contribution in [1.82, 2.24) is 20.0 Å². The number of nitrogens with two attached hydrogens (primary N) is 1. The van der Waals surface area contributed by atoms with Crippen molar-refractivity contribution in [1.29, 1.82) is 0 Å². The molecule has 1 rings (SSSR count). The van der Waals surface area contributed by atoms with Crippen LogP contribution in [0.15, 0.2) is 6.20 Å². The van der Waals surface area contributed by atoms with Crippen molar-refractivity contribution in [3.05, 3.63) is 11.8 Å². The van der Waals surface area contributed by atoms with Gasteiger partial charge in [0.25, 0.3) is 5.91 Å². The molecule has 1 aromatic heterocycles. The summed E-state index contributed by atoms with van der Waals surface area (Å²) in [5.74, 6) is 0.213. The van der Waals surface area contributed by atoms with Gasteiger partial charge < -0.3 is 16.0 Å². The van der Waals surface area contributed by atoms with Crippen LogP contribution in [0.1, 0.15) is 24.2 Å². The second kappa shape index (κ2) is 5.39. The van der Waals surface area contributed by atoms with Crippen LogP contribution in [0.3, 0.4) is 0 Å². The first-order valence-electron chi connectivity index (χ1n) is 5.93. The maximum atomic E-state index is 12.0. The highest BCUT2D eigenvalue weighted by Gasteiger charge is 2.21. The summed E-state index contributed by atoms with van der Waals surface area (Å²) in [5, 5.41) is 6.85. The maximum Gasteiger partial charge on any atom is 0.256 e. The molecule has 0 unspecified atom stereocenters. The highest BCUT2D eigenvalue weighted by atomic mass is 16.1. The Kier molecular flexibility index (Phi) is 4.34. The van der Waals surface area contributed by atoms with Crippen LogP contribution < -0.4 is 11.1 Å². The molecule has 1 aromatic rings. The second-order valence-electron chi connectivity index (χ2n) is 5.65. The summed E-state index contributed by atoms with van der Waals surface area (Å²) in [6.45, 7) is 5.72. The smallest absolute Gasteiger partial charge is 0.256 e. The average molecular weight is 253 g/mol. The van der Waals surface area contributed by atoms with Crippen molar-refractivity contribution in [2.24, 2.45) is 12.5 Å². The number of nitrogens with zero attached hydrogens (tertiary/aromatic N) is 3. The quantitative estimate of drug-likeness (QED) is 0.792. The summed E-state index contributed by atoms with van der Waals surface area (Å²) >= 11 is 0. The van der Waals surface area contributed by atoms with E-state index < -0.39 is 0 Å². The van der Waals surface area contributed by atoms with E-state index >= 15 is 0 Å². The van der Waals surface area contributed by atoms with Crippen LogP contribution in [0.25, 0.3) is 0 Å². The normalized spacial score (nSPS) is 11.9. The number of rotatable bonds is 5. The number of amides is 1. The van der Waals surface area contributed by atoms with Gasteiger partial charge in [-0.3, -0.25) is 9.48 Å². The van der Waals surface area contributed by atoms with E-state index in [1.54, 1.807) is 7.05 Å². The van der Waals surface area contributed by atoms with Crippen molar-refractivity contribution in [3.8, 4) is 0 Å². The van der Waals surface area contributed by atoms with Gasteiger partial charge in [-0.25, -0.2) is 0 Å². The number of carbonyl (C=O) groups is 1. The number of hydrogen-bond acceptors (Lipinski definition) is 4. The summed E-state index contributed by atoms with van der Waals surface area (Å²) < 4.78 is 1.49. The van der Waals surface area contributed by atoms with E-state index in [2.05, 4.69) is 29.2 Å². The van der Waals surface area contributed by atoms with Gasteiger partial charge in [0.1, 0.15) is 11.4 Å². The van der Waals surface area contributed by atoms with Crippen LogP contribution >= 0.6 is 0 Å². The van der Waals surface area contributed by atoms with Crippen LogP contribution in [0.2, 0.25) is 0 Å². The lowest BCUT2D eigenvalue weighted by atomic mass is 9.93. The minimum absolute atomic E-state index is 0.0101. The zero-order valence-electron chi connectivity index (χ0n) is 11.8. The number of nitrogens with one attached hydrogen (secondary N) is 1. The molecule has 3 N–H and O–H groups in total. The summed E-state index contributed by atoms with van der Waals surface area (Å²) in [4.78, 5) is 14.1. The van der Waals surface area contributed by atoms with Crippen LogP contribution in [0, 0.1) is 5.41 Å². The van der Waals surface area contributed by atoms with E-state index in [-0.39, 0.29) is 11.3 Å². The Balaban J connectivity index is 2.59. The Morgan fingerprint density at radius 1 is 1.56 bits per heavy atom. The van der Waals surface area contributed by atoms with Gasteiger partial charge in [0.05, 0.1) is 6.20 Å². The lowest BCUT2D eigenvalue weighted by molar-refractivity contribution is 0.0930. The Labute approximate surface area is 108 Å². The number of carbonyl (C=O) groups excluding carboxylic acids is 1. The Morgan fingerprint density at radius 3 is 2.61 bits per heavy atom. The van der Waals surface area contributed by atoms with Gasteiger partial charge in [-0.15, -0.1) is 0 Å². The first kappa shape index (κ1) is 14.5. The molecule has 18 heavy (non-hydrogen) atoms. The molecule has 0 spiro atoms. The third-order valence-electron chi connectivity index (χ3n) is 2.70. The van der Waals surface area contributed by atoms with E-state index in [0.717, 1.165) is 6.54 Å². The molecule has 0 atom stereocenters. The minimum Gasteiger partial charge on any atom is -0.383 e. The second-order valence-corrected chi connectivity index (χ2v) is 5.65. The molecule has 102 valence electrons. The number of aromatic nitrogens is 2. The van der Waals surface area contributed by atoms with Gasteiger partial charge in [0.15, 0.2) is 0 Å². The van der Waals surface area contributed by atoms with Crippen molar-refractivity contribution in [2.45, 2.75) is 13.8 Å². The highest BCUT2D eigenvalue weighted by Crippen LogP contribution is 2.15. The molecule has 0 aliphatic carbocycles. The fraction of sp³-hybridized carbons (Fsp3) is 0.667. The van der Waals surface area contributed by atoms with Crippen molar-refractivity contribution in [2.75, 3.05) is 32.9 Å². The summed E-state index contributed by atoms with van der Waals surface area (Å²) in [5.41, 5.74) is 6.19. The predicted octanol–water partition coefficient (Wildman–Crippen LogP) is 0.320. The number of hydrogen-bond donors (Lipinski definition) is 2. The molecule has 0 aliphatic rings.